The predicted molar refractivity (Wildman–Crippen MR) is 124 cm³/mol. The number of rotatable bonds is 9. The van der Waals surface area contributed by atoms with Crippen molar-refractivity contribution in [2.75, 3.05) is 31.7 Å². The second-order valence-electron chi connectivity index (χ2n) is 9.02. The highest BCUT2D eigenvalue weighted by Gasteiger charge is 2.37. The summed E-state index contributed by atoms with van der Waals surface area (Å²) in [4.78, 5) is 26.0. The van der Waals surface area contributed by atoms with Gasteiger partial charge in [0.25, 0.3) is 12.3 Å². The molecule has 11 heteroatoms. The summed E-state index contributed by atoms with van der Waals surface area (Å²) in [6.45, 7) is 3.97. The summed E-state index contributed by atoms with van der Waals surface area (Å²) in [5.74, 6) is -2.21. The number of nitrogens with one attached hydrogen (secondary N) is 1. The molecule has 0 bridgehead atoms. The molecule has 2 N–H and O–H groups in total. The number of fused-ring (bicyclic) bond motifs is 1. The fraction of sp³-hybridized carbons (Fsp3) is 0.440. The molecular weight excluding hydrogens is 484 g/mol. The Bertz CT molecular complexity index is 1100. The van der Waals surface area contributed by atoms with Gasteiger partial charge in [-0.05, 0) is 48.7 Å². The van der Waals surface area contributed by atoms with Crippen molar-refractivity contribution in [1.29, 1.82) is 0 Å². The van der Waals surface area contributed by atoms with Gasteiger partial charge in [0.1, 0.15) is 30.0 Å². The number of carbonyl (C=O) groups excluding carboxylic acids is 1. The molecule has 0 saturated carbocycles. The van der Waals surface area contributed by atoms with Crippen LogP contribution in [0.15, 0.2) is 30.3 Å². The summed E-state index contributed by atoms with van der Waals surface area (Å²) in [5, 5.41) is 12.1. The lowest BCUT2D eigenvalue weighted by atomic mass is 9.84. The van der Waals surface area contributed by atoms with Crippen LogP contribution >= 0.6 is 0 Å². The largest absolute Gasteiger partial charge is 0.494 e. The van der Waals surface area contributed by atoms with E-state index >= 15 is 0 Å². The molecule has 0 aliphatic carbocycles. The van der Waals surface area contributed by atoms with E-state index in [4.69, 9.17) is 9.47 Å². The van der Waals surface area contributed by atoms with E-state index in [0.717, 1.165) is 22.6 Å². The summed E-state index contributed by atoms with van der Waals surface area (Å²) >= 11 is 0. The standard InChI is InChI=1S/C25H28F4N2O5/c1-4-36-16-5-6-17-14(9-16)7-8-31(24(33)34)22(17)23(32)30-15-10-18(26)21(19(27)11-15)25(2,3)13-35-12-20(28)29/h5-6,9-11,20,22H,4,7-8,12-13H2,1-3H3,(H,30,32)(H,33,34). The zero-order valence-electron chi connectivity index (χ0n) is 20.1. The van der Waals surface area contributed by atoms with Crippen molar-refractivity contribution in [3.05, 3.63) is 58.7 Å². The van der Waals surface area contributed by atoms with Gasteiger partial charge in [-0.25, -0.2) is 22.4 Å². The van der Waals surface area contributed by atoms with E-state index in [9.17, 15) is 32.3 Å². The summed E-state index contributed by atoms with van der Waals surface area (Å²) in [7, 11) is 0. The average molecular weight is 513 g/mol. The number of nitrogens with zero attached hydrogens (tertiary/aromatic N) is 1. The number of amides is 2. The van der Waals surface area contributed by atoms with Gasteiger partial charge < -0.3 is 19.9 Å². The highest BCUT2D eigenvalue weighted by Crippen LogP contribution is 2.35. The fourth-order valence-electron chi connectivity index (χ4n) is 4.33. The van der Waals surface area contributed by atoms with E-state index in [-0.39, 0.29) is 24.4 Å². The Morgan fingerprint density at radius 3 is 2.44 bits per heavy atom. The Labute approximate surface area is 206 Å². The van der Waals surface area contributed by atoms with Crippen molar-refractivity contribution in [2.24, 2.45) is 0 Å². The Kier molecular flexibility index (Phi) is 8.44. The molecule has 0 radical (unpaired) electrons. The minimum absolute atomic E-state index is 0.0461. The number of hydrogen-bond donors (Lipinski definition) is 2. The molecule has 7 nitrogen and oxygen atoms in total. The monoisotopic (exact) mass is 512 g/mol. The summed E-state index contributed by atoms with van der Waals surface area (Å²) in [6.07, 6.45) is -3.66. The van der Waals surface area contributed by atoms with Crippen LogP contribution in [0.1, 0.15) is 43.5 Å². The molecule has 1 aliphatic rings. The van der Waals surface area contributed by atoms with Gasteiger partial charge in [0, 0.05) is 23.2 Å². The Hall–Kier alpha value is -3.34. The van der Waals surface area contributed by atoms with Gasteiger partial charge in [0.2, 0.25) is 0 Å². The van der Waals surface area contributed by atoms with Crippen molar-refractivity contribution in [3.63, 3.8) is 0 Å². The molecule has 0 spiro atoms. The van der Waals surface area contributed by atoms with Gasteiger partial charge in [0.15, 0.2) is 0 Å². The molecule has 196 valence electrons. The molecule has 36 heavy (non-hydrogen) atoms. The first-order valence-corrected chi connectivity index (χ1v) is 11.4. The number of anilines is 1. The van der Waals surface area contributed by atoms with Gasteiger partial charge in [-0.2, -0.15) is 0 Å². The van der Waals surface area contributed by atoms with Crippen LogP contribution in [0.3, 0.4) is 0 Å². The third kappa shape index (κ3) is 6.07. The van der Waals surface area contributed by atoms with E-state index in [1.807, 2.05) is 6.92 Å². The maximum atomic E-state index is 14.9. The molecule has 3 rings (SSSR count). The van der Waals surface area contributed by atoms with Crippen molar-refractivity contribution in [3.8, 4) is 5.75 Å². The Morgan fingerprint density at radius 2 is 1.86 bits per heavy atom. The molecule has 2 aromatic rings. The van der Waals surface area contributed by atoms with Gasteiger partial charge >= 0.3 is 6.09 Å². The van der Waals surface area contributed by atoms with E-state index < -0.39 is 48.1 Å². The summed E-state index contributed by atoms with van der Waals surface area (Å²) < 4.78 is 64.9. The zero-order valence-corrected chi connectivity index (χ0v) is 20.1. The lowest BCUT2D eigenvalue weighted by molar-refractivity contribution is -0.121. The van der Waals surface area contributed by atoms with Gasteiger partial charge in [-0.1, -0.05) is 19.9 Å². The van der Waals surface area contributed by atoms with Crippen molar-refractivity contribution in [1.82, 2.24) is 4.90 Å². The molecular formula is C25H28F4N2O5. The fourth-order valence-corrected chi connectivity index (χ4v) is 4.33. The first-order valence-electron chi connectivity index (χ1n) is 11.4. The molecule has 0 aromatic heterocycles. The zero-order chi connectivity index (χ0) is 26.6. The number of ether oxygens (including phenoxy) is 2. The van der Waals surface area contributed by atoms with Crippen molar-refractivity contribution < 1.29 is 41.7 Å². The van der Waals surface area contributed by atoms with Gasteiger partial charge in [0.05, 0.1) is 13.2 Å². The molecule has 0 saturated heterocycles. The topological polar surface area (TPSA) is 88.1 Å². The number of carbonyl (C=O) groups is 2. The van der Waals surface area contributed by atoms with Gasteiger partial charge in [-0.15, -0.1) is 0 Å². The van der Waals surface area contributed by atoms with Crippen LogP contribution in [0.4, 0.5) is 28.0 Å². The maximum Gasteiger partial charge on any atom is 0.408 e. The number of benzene rings is 2. The number of hydrogen-bond acceptors (Lipinski definition) is 4. The highest BCUT2D eigenvalue weighted by molar-refractivity contribution is 5.97. The molecule has 2 aromatic carbocycles. The van der Waals surface area contributed by atoms with E-state index in [1.165, 1.54) is 13.8 Å². The molecule has 0 fully saturated rings. The van der Waals surface area contributed by atoms with Crippen LogP contribution in [0.5, 0.6) is 5.75 Å². The van der Waals surface area contributed by atoms with Crippen LogP contribution in [-0.2, 0) is 21.4 Å². The third-order valence-corrected chi connectivity index (χ3v) is 5.84. The van der Waals surface area contributed by atoms with Crippen LogP contribution < -0.4 is 10.1 Å². The van der Waals surface area contributed by atoms with Crippen molar-refractivity contribution in [2.45, 2.75) is 45.1 Å². The number of halogens is 4. The molecule has 2 amide bonds. The Morgan fingerprint density at radius 1 is 1.19 bits per heavy atom. The smallest absolute Gasteiger partial charge is 0.408 e. The summed E-state index contributed by atoms with van der Waals surface area (Å²) in [5.41, 5.74) is -0.692. The van der Waals surface area contributed by atoms with E-state index in [0.29, 0.717) is 24.3 Å². The predicted octanol–water partition coefficient (Wildman–Crippen LogP) is 5.14. The second-order valence-corrected chi connectivity index (χ2v) is 9.02. The molecule has 1 heterocycles. The van der Waals surface area contributed by atoms with Crippen LogP contribution in [0.25, 0.3) is 0 Å². The maximum absolute atomic E-state index is 14.9. The van der Waals surface area contributed by atoms with Crippen LogP contribution in [0.2, 0.25) is 0 Å². The Balaban J connectivity index is 1.87. The average Bonchev–Trinajstić information content (AvgIpc) is 2.77. The number of alkyl halides is 2. The molecule has 1 aliphatic heterocycles. The minimum atomic E-state index is -2.71. The minimum Gasteiger partial charge on any atom is -0.494 e. The highest BCUT2D eigenvalue weighted by atomic mass is 19.3. The summed E-state index contributed by atoms with van der Waals surface area (Å²) in [6, 6.07) is 5.53. The lowest BCUT2D eigenvalue weighted by Gasteiger charge is -2.34. The molecule has 1 unspecified atom stereocenters. The van der Waals surface area contributed by atoms with Gasteiger partial charge in [-0.3, -0.25) is 9.69 Å². The quantitative estimate of drug-likeness (QED) is 0.455. The number of carboxylic acid groups (broad SMARTS) is 1. The third-order valence-electron chi connectivity index (χ3n) is 5.84. The lowest BCUT2D eigenvalue weighted by Crippen LogP contribution is -2.44. The van der Waals surface area contributed by atoms with Crippen LogP contribution in [0, 0.1) is 11.6 Å². The SMILES string of the molecule is CCOc1ccc2c(c1)CCN(C(=O)O)C2C(=O)Nc1cc(F)c(C(C)(C)COCC(F)F)c(F)c1. The second kappa shape index (κ2) is 11.2. The first-order chi connectivity index (χ1) is 16.9. The van der Waals surface area contributed by atoms with Crippen molar-refractivity contribution >= 4 is 17.7 Å². The normalized spacial score (nSPS) is 15.6. The van der Waals surface area contributed by atoms with Crippen LogP contribution in [-0.4, -0.2) is 54.8 Å². The van der Waals surface area contributed by atoms with E-state index in [1.54, 1.807) is 18.2 Å². The first kappa shape index (κ1) is 27.3. The van der Waals surface area contributed by atoms with E-state index in [2.05, 4.69) is 5.32 Å². The molecule has 1 atom stereocenters.